The Labute approximate surface area is 112 Å². The third-order valence-corrected chi connectivity index (χ3v) is 3.05. The molecule has 0 atom stereocenters. The minimum absolute atomic E-state index is 0.194. The van der Waals surface area contributed by atoms with Crippen molar-refractivity contribution in [3.8, 4) is 0 Å². The number of rotatable bonds is 6. The maximum atomic E-state index is 10.6. The molecule has 19 heavy (non-hydrogen) atoms. The van der Waals surface area contributed by atoms with E-state index >= 15 is 0 Å². The molecule has 0 amide bonds. The van der Waals surface area contributed by atoms with E-state index in [1.54, 1.807) is 0 Å². The Kier molecular flexibility index (Phi) is 4.10. The van der Waals surface area contributed by atoms with Gasteiger partial charge in [0.2, 0.25) is 11.0 Å². The van der Waals surface area contributed by atoms with Crippen molar-refractivity contribution in [1.82, 2.24) is 30.3 Å². The molecule has 2 rings (SSSR count). The van der Waals surface area contributed by atoms with E-state index in [4.69, 9.17) is 9.63 Å². The first-order valence-electron chi connectivity index (χ1n) is 5.49. The van der Waals surface area contributed by atoms with Crippen LogP contribution in [0, 0.1) is 0 Å². The standard InChI is InChI=1S/C9H12N6O3S/c1-5(2)8-10-6(18-12-8)4-19-9-11-13-14-15(9)3-7(16)17/h5H,3-4H2,1-2H3,(H,16,17). The summed E-state index contributed by atoms with van der Waals surface area (Å²) in [6.07, 6.45) is 0. The second kappa shape index (κ2) is 5.78. The van der Waals surface area contributed by atoms with Gasteiger partial charge in [0.1, 0.15) is 6.54 Å². The number of carboxylic acids is 1. The molecule has 1 N–H and O–H groups in total. The highest BCUT2D eigenvalue weighted by atomic mass is 32.2. The number of nitrogens with zero attached hydrogens (tertiary/aromatic N) is 6. The van der Waals surface area contributed by atoms with E-state index in [-0.39, 0.29) is 12.5 Å². The van der Waals surface area contributed by atoms with Crippen molar-refractivity contribution in [2.45, 2.75) is 37.2 Å². The van der Waals surface area contributed by atoms with Crippen LogP contribution in [-0.4, -0.2) is 41.4 Å². The van der Waals surface area contributed by atoms with Crippen molar-refractivity contribution >= 4 is 17.7 Å². The van der Waals surface area contributed by atoms with E-state index in [2.05, 4.69) is 25.7 Å². The monoisotopic (exact) mass is 284 g/mol. The third kappa shape index (κ3) is 3.50. The molecule has 2 aromatic rings. The van der Waals surface area contributed by atoms with Gasteiger partial charge in [-0.2, -0.15) is 4.98 Å². The van der Waals surface area contributed by atoms with Crippen LogP contribution in [0.15, 0.2) is 9.68 Å². The summed E-state index contributed by atoms with van der Waals surface area (Å²) in [5.74, 6) is 0.674. The topological polar surface area (TPSA) is 120 Å². The Morgan fingerprint density at radius 1 is 1.53 bits per heavy atom. The minimum atomic E-state index is -1.01. The van der Waals surface area contributed by atoms with E-state index in [0.29, 0.717) is 22.6 Å². The number of hydrogen-bond donors (Lipinski definition) is 1. The Hall–Kier alpha value is -1.97. The summed E-state index contributed by atoms with van der Waals surface area (Å²) in [4.78, 5) is 14.8. The molecule has 0 aliphatic rings. The number of aromatic nitrogens is 6. The van der Waals surface area contributed by atoms with Gasteiger partial charge in [0, 0.05) is 5.92 Å². The van der Waals surface area contributed by atoms with Gasteiger partial charge in [0.05, 0.1) is 5.75 Å². The lowest BCUT2D eigenvalue weighted by Gasteiger charge is -1.98. The highest BCUT2D eigenvalue weighted by Crippen LogP contribution is 2.20. The maximum absolute atomic E-state index is 10.6. The molecule has 2 heterocycles. The summed E-state index contributed by atoms with van der Waals surface area (Å²) < 4.78 is 6.27. The first-order valence-corrected chi connectivity index (χ1v) is 6.48. The summed E-state index contributed by atoms with van der Waals surface area (Å²) in [5.41, 5.74) is 0. The normalized spacial score (nSPS) is 11.1. The zero-order valence-electron chi connectivity index (χ0n) is 10.3. The van der Waals surface area contributed by atoms with E-state index < -0.39 is 5.97 Å². The van der Waals surface area contributed by atoms with Crippen LogP contribution < -0.4 is 0 Å². The fraction of sp³-hybridized carbons (Fsp3) is 0.556. The third-order valence-electron chi connectivity index (χ3n) is 2.11. The van der Waals surface area contributed by atoms with Crippen LogP contribution in [0.1, 0.15) is 31.5 Å². The lowest BCUT2D eigenvalue weighted by molar-refractivity contribution is -0.138. The molecule has 10 heteroatoms. The molecule has 0 saturated heterocycles. The summed E-state index contributed by atoms with van der Waals surface area (Å²) >= 11 is 1.24. The van der Waals surface area contributed by atoms with Crippen LogP contribution in [0.2, 0.25) is 0 Å². The quantitative estimate of drug-likeness (QED) is 0.758. The molecular formula is C9H12N6O3S. The maximum Gasteiger partial charge on any atom is 0.325 e. The summed E-state index contributed by atoms with van der Waals surface area (Å²) in [5, 5.41) is 23.7. The van der Waals surface area contributed by atoms with Crippen LogP contribution in [0.5, 0.6) is 0 Å². The summed E-state index contributed by atoms with van der Waals surface area (Å²) in [6, 6.07) is 0. The first-order chi connectivity index (χ1) is 9.06. The average Bonchev–Trinajstić information content (AvgIpc) is 2.94. The lowest BCUT2D eigenvalue weighted by Crippen LogP contribution is -2.11. The van der Waals surface area contributed by atoms with E-state index in [9.17, 15) is 4.79 Å². The van der Waals surface area contributed by atoms with Gasteiger partial charge >= 0.3 is 5.97 Å². The summed E-state index contributed by atoms with van der Waals surface area (Å²) in [6.45, 7) is 3.65. The van der Waals surface area contributed by atoms with Crippen LogP contribution in [0.3, 0.4) is 0 Å². The van der Waals surface area contributed by atoms with Crippen molar-refractivity contribution < 1.29 is 14.4 Å². The van der Waals surface area contributed by atoms with Gasteiger partial charge in [-0.1, -0.05) is 30.8 Å². The Morgan fingerprint density at radius 2 is 2.32 bits per heavy atom. The molecule has 9 nitrogen and oxygen atoms in total. The van der Waals surface area contributed by atoms with E-state index in [1.165, 1.54) is 16.4 Å². The molecule has 0 fully saturated rings. The molecule has 2 aromatic heterocycles. The minimum Gasteiger partial charge on any atom is -0.480 e. The largest absolute Gasteiger partial charge is 0.480 e. The van der Waals surface area contributed by atoms with E-state index in [0.717, 1.165) is 0 Å². The van der Waals surface area contributed by atoms with Crippen LogP contribution in [0.4, 0.5) is 0 Å². The van der Waals surface area contributed by atoms with Gasteiger partial charge in [-0.25, -0.2) is 4.68 Å². The number of thioether (sulfide) groups is 1. The Bertz CT molecular complexity index is 566. The Morgan fingerprint density at radius 3 is 2.95 bits per heavy atom. The SMILES string of the molecule is CC(C)c1noc(CSc2nnnn2CC(=O)O)n1. The highest BCUT2D eigenvalue weighted by molar-refractivity contribution is 7.98. The molecule has 0 saturated carbocycles. The van der Waals surface area contributed by atoms with Gasteiger partial charge in [0.15, 0.2) is 5.82 Å². The van der Waals surface area contributed by atoms with Gasteiger partial charge in [-0.05, 0) is 10.4 Å². The molecule has 102 valence electrons. The second-order valence-corrected chi connectivity index (χ2v) is 4.95. The first kappa shape index (κ1) is 13.5. The molecule has 0 radical (unpaired) electrons. The molecule has 0 bridgehead atoms. The molecule has 0 aliphatic carbocycles. The molecule has 0 spiro atoms. The predicted molar refractivity (Wildman–Crippen MR) is 63.4 cm³/mol. The second-order valence-electron chi connectivity index (χ2n) is 4.00. The van der Waals surface area contributed by atoms with Crippen LogP contribution in [-0.2, 0) is 17.1 Å². The van der Waals surface area contributed by atoms with Gasteiger partial charge in [-0.3, -0.25) is 4.79 Å². The number of tetrazole rings is 1. The number of carboxylic acid groups (broad SMARTS) is 1. The number of aliphatic carboxylic acids is 1. The fourth-order valence-electron chi connectivity index (χ4n) is 1.21. The predicted octanol–water partition coefficient (Wildman–Crippen LogP) is 0.556. The summed E-state index contributed by atoms with van der Waals surface area (Å²) in [7, 11) is 0. The van der Waals surface area contributed by atoms with E-state index in [1.807, 2.05) is 13.8 Å². The highest BCUT2D eigenvalue weighted by Gasteiger charge is 2.14. The van der Waals surface area contributed by atoms with Crippen molar-refractivity contribution in [2.24, 2.45) is 0 Å². The van der Waals surface area contributed by atoms with Crippen molar-refractivity contribution in [2.75, 3.05) is 0 Å². The smallest absolute Gasteiger partial charge is 0.325 e. The number of hydrogen-bond acceptors (Lipinski definition) is 8. The fourth-order valence-corrected chi connectivity index (χ4v) is 1.93. The van der Waals surface area contributed by atoms with Gasteiger partial charge < -0.3 is 9.63 Å². The Balaban J connectivity index is 1.98. The molecule has 0 unspecified atom stereocenters. The zero-order chi connectivity index (χ0) is 13.8. The number of carbonyl (C=O) groups is 1. The molecule has 0 aromatic carbocycles. The van der Waals surface area contributed by atoms with Crippen molar-refractivity contribution in [3.63, 3.8) is 0 Å². The van der Waals surface area contributed by atoms with Gasteiger partial charge in [-0.15, -0.1) is 5.10 Å². The lowest BCUT2D eigenvalue weighted by atomic mass is 10.2. The van der Waals surface area contributed by atoms with Crippen LogP contribution >= 0.6 is 11.8 Å². The molecule has 0 aliphatic heterocycles. The van der Waals surface area contributed by atoms with Crippen LogP contribution in [0.25, 0.3) is 0 Å². The van der Waals surface area contributed by atoms with Gasteiger partial charge in [0.25, 0.3) is 0 Å². The van der Waals surface area contributed by atoms with Crippen molar-refractivity contribution in [3.05, 3.63) is 11.7 Å². The molecular weight excluding hydrogens is 272 g/mol. The zero-order valence-corrected chi connectivity index (χ0v) is 11.2. The van der Waals surface area contributed by atoms with Crippen molar-refractivity contribution in [1.29, 1.82) is 0 Å². The average molecular weight is 284 g/mol.